The predicted molar refractivity (Wildman–Crippen MR) is 54.3 cm³/mol. The highest BCUT2D eigenvalue weighted by atomic mass is 32.1. The third-order valence-electron chi connectivity index (χ3n) is 2.07. The maximum atomic E-state index is 11.4. The third-order valence-corrected chi connectivity index (χ3v) is 2.38. The van der Waals surface area contributed by atoms with Gasteiger partial charge in [0.15, 0.2) is 4.77 Å². The van der Waals surface area contributed by atoms with Gasteiger partial charge in [-0.05, 0) is 19.1 Å². The van der Waals surface area contributed by atoms with E-state index in [2.05, 4.69) is 10.3 Å². The van der Waals surface area contributed by atoms with Gasteiger partial charge in [-0.25, -0.2) is 0 Å². The number of carbonyl (C=O) groups excluding carboxylic acids is 1. The number of hydrogen-bond acceptors (Lipinski definition) is 3. The highest BCUT2D eigenvalue weighted by Gasteiger charge is 2.16. The van der Waals surface area contributed by atoms with E-state index in [1.807, 2.05) is 0 Å². The van der Waals surface area contributed by atoms with Crippen LogP contribution in [0.2, 0.25) is 0 Å². The smallest absolute Gasteiger partial charge is 0.242 e. The van der Waals surface area contributed by atoms with Gasteiger partial charge in [-0.2, -0.15) is 0 Å². The number of likely N-dealkylation sites (N-methyl/N-ethyl adjacent to an activating group) is 1. The summed E-state index contributed by atoms with van der Waals surface area (Å²) in [5.41, 5.74) is 0.603. The minimum Gasteiger partial charge on any atom is -0.390 e. The summed E-state index contributed by atoms with van der Waals surface area (Å²) in [4.78, 5) is 14.1. The normalized spacial score (nSPS) is 12.5. The Morgan fingerprint density at radius 2 is 2.50 bits per heavy atom. The number of imidazole rings is 1. The van der Waals surface area contributed by atoms with E-state index in [4.69, 9.17) is 17.3 Å². The van der Waals surface area contributed by atoms with Gasteiger partial charge in [0.25, 0.3) is 0 Å². The van der Waals surface area contributed by atoms with Gasteiger partial charge in [0.05, 0.1) is 12.3 Å². The predicted octanol–water partition coefficient (Wildman–Crippen LogP) is 0.345. The van der Waals surface area contributed by atoms with Gasteiger partial charge in [0.2, 0.25) is 5.91 Å². The summed E-state index contributed by atoms with van der Waals surface area (Å²) in [6.07, 6.45) is 1.60. The molecule has 5 nitrogen and oxygen atoms in total. The van der Waals surface area contributed by atoms with Crippen LogP contribution in [-0.4, -0.2) is 27.6 Å². The van der Waals surface area contributed by atoms with Crippen molar-refractivity contribution < 1.29 is 9.90 Å². The molecule has 0 spiro atoms. The van der Waals surface area contributed by atoms with Gasteiger partial charge in [0.1, 0.15) is 6.04 Å². The van der Waals surface area contributed by atoms with Crippen molar-refractivity contribution >= 4 is 18.1 Å². The first-order valence-electron chi connectivity index (χ1n) is 4.23. The first-order chi connectivity index (χ1) is 6.61. The zero-order valence-corrected chi connectivity index (χ0v) is 8.89. The topological polar surface area (TPSA) is 70.1 Å². The zero-order chi connectivity index (χ0) is 10.7. The van der Waals surface area contributed by atoms with E-state index in [0.29, 0.717) is 10.5 Å². The third kappa shape index (κ3) is 1.85. The molecule has 78 valence electrons. The number of aromatic nitrogens is 2. The van der Waals surface area contributed by atoms with Crippen LogP contribution < -0.4 is 5.32 Å². The number of nitrogens with one attached hydrogen (secondary N) is 2. The summed E-state index contributed by atoms with van der Waals surface area (Å²) in [5.74, 6) is -0.143. The molecule has 3 N–H and O–H groups in total. The Morgan fingerprint density at radius 3 is 3.00 bits per heavy atom. The van der Waals surface area contributed by atoms with Crippen LogP contribution in [0.25, 0.3) is 0 Å². The van der Waals surface area contributed by atoms with Crippen molar-refractivity contribution in [3.05, 3.63) is 16.7 Å². The van der Waals surface area contributed by atoms with Crippen molar-refractivity contribution in [2.75, 3.05) is 7.05 Å². The first-order valence-corrected chi connectivity index (χ1v) is 4.64. The molecule has 6 heteroatoms. The Labute approximate surface area is 86.8 Å². The summed E-state index contributed by atoms with van der Waals surface area (Å²) >= 11 is 5.00. The summed E-state index contributed by atoms with van der Waals surface area (Å²) in [7, 11) is 1.56. The van der Waals surface area contributed by atoms with Crippen LogP contribution in [0.4, 0.5) is 0 Å². The monoisotopic (exact) mass is 215 g/mol. The molecular weight excluding hydrogens is 202 g/mol. The van der Waals surface area contributed by atoms with Crippen LogP contribution >= 0.6 is 12.2 Å². The number of aliphatic hydroxyl groups excluding tert-OH is 1. The molecule has 1 aromatic rings. The lowest BCUT2D eigenvalue weighted by Gasteiger charge is -2.13. The van der Waals surface area contributed by atoms with Crippen LogP contribution in [0.5, 0.6) is 0 Å². The second kappa shape index (κ2) is 4.39. The van der Waals surface area contributed by atoms with E-state index < -0.39 is 6.04 Å². The number of amides is 1. The summed E-state index contributed by atoms with van der Waals surface area (Å²) < 4.78 is 2.03. The summed E-state index contributed by atoms with van der Waals surface area (Å²) in [6.45, 7) is 1.58. The van der Waals surface area contributed by atoms with Gasteiger partial charge < -0.3 is 20.0 Å². The molecule has 1 heterocycles. The van der Waals surface area contributed by atoms with Gasteiger partial charge in [-0.15, -0.1) is 0 Å². The van der Waals surface area contributed by atoms with E-state index in [9.17, 15) is 4.79 Å². The van der Waals surface area contributed by atoms with Gasteiger partial charge in [-0.3, -0.25) is 4.79 Å². The van der Waals surface area contributed by atoms with Crippen molar-refractivity contribution in [2.45, 2.75) is 19.6 Å². The summed E-state index contributed by atoms with van der Waals surface area (Å²) in [6, 6.07) is -0.416. The Kier molecular flexibility index (Phi) is 3.43. The minimum absolute atomic E-state index is 0.143. The lowest BCUT2D eigenvalue weighted by molar-refractivity contribution is -0.123. The molecule has 0 fully saturated rings. The molecule has 0 aliphatic rings. The van der Waals surface area contributed by atoms with Crippen molar-refractivity contribution in [2.24, 2.45) is 0 Å². The number of aliphatic hydroxyl groups is 1. The van der Waals surface area contributed by atoms with E-state index in [0.717, 1.165) is 0 Å². The molecule has 1 aromatic heterocycles. The lowest BCUT2D eigenvalue weighted by atomic mass is 10.3. The Morgan fingerprint density at radius 1 is 1.86 bits per heavy atom. The molecule has 1 atom stereocenters. The molecule has 0 radical (unpaired) electrons. The number of rotatable bonds is 3. The standard InChI is InChI=1S/C8H13N3O2S/c1-5(7(13)9-2)11-6(4-12)3-10-8(11)14/h3,5,12H,4H2,1-2H3,(H,9,13)(H,10,14). The van der Waals surface area contributed by atoms with Gasteiger partial charge in [-0.1, -0.05) is 0 Å². The highest BCUT2D eigenvalue weighted by Crippen LogP contribution is 2.11. The molecule has 14 heavy (non-hydrogen) atoms. The minimum atomic E-state index is -0.416. The number of H-pyrrole nitrogens is 1. The molecule has 0 aliphatic carbocycles. The molecule has 0 aliphatic heterocycles. The largest absolute Gasteiger partial charge is 0.390 e. The molecule has 1 unspecified atom stereocenters. The quantitative estimate of drug-likeness (QED) is 0.637. The fraction of sp³-hybridized carbons (Fsp3) is 0.500. The van der Waals surface area contributed by atoms with Crippen LogP contribution in [0.15, 0.2) is 6.20 Å². The fourth-order valence-electron chi connectivity index (χ4n) is 1.29. The van der Waals surface area contributed by atoms with Crippen molar-refractivity contribution in [1.82, 2.24) is 14.9 Å². The Balaban J connectivity index is 3.10. The number of aromatic amines is 1. The second-order valence-electron chi connectivity index (χ2n) is 2.90. The molecular formula is C8H13N3O2S. The molecule has 0 bridgehead atoms. The fourth-order valence-corrected chi connectivity index (χ4v) is 1.62. The number of carbonyl (C=O) groups is 1. The van der Waals surface area contributed by atoms with E-state index in [-0.39, 0.29) is 12.5 Å². The number of hydrogen-bond donors (Lipinski definition) is 3. The average Bonchev–Trinajstić information content (AvgIpc) is 2.57. The maximum absolute atomic E-state index is 11.4. The zero-order valence-electron chi connectivity index (χ0n) is 8.07. The SMILES string of the molecule is CNC(=O)C(C)n1c(CO)c[nH]c1=S. The Hall–Kier alpha value is -1.14. The van der Waals surface area contributed by atoms with Crippen LogP contribution in [-0.2, 0) is 11.4 Å². The van der Waals surface area contributed by atoms with Gasteiger partial charge in [0, 0.05) is 13.2 Å². The van der Waals surface area contributed by atoms with Crippen molar-refractivity contribution in [1.29, 1.82) is 0 Å². The molecule has 0 saturated heterocycles. The van der Waals surface area contributed by atoms with E-state index in [1.165, 1.54) is 0 Å². The van der Waals surface area contributed by atoms with E-state index in [1.54, 1.807) is 24.7 Å². The second-order valence-corrected chi connectivity index (χ2v) is 3.29. The molecule has 0 aromatic carbocycles. The number of nitrogens with zero attached hydrogens (tertiary/aromatic N) is 1. The molecule has 1 rings (SSSR count). The lowest BCUT2D eigenvalue weighted by Crippen LogP contribution is -2.28. The van der Waals surface area contributed by atoms with Crippen molar-refractivity contribution in [3.63, 3.8) is 0 Å². The first kappa shape index (κ1) is 10.9. The highest BCUT2D eigenvalue weighted by molar-refractivity contribution is 7.71. The maximum Gasteiger partial charge on any atom is 0.242 e. The van der Waals surface area contributed by atoms with Crippen LogP contribution in [0, 0.1) is 4.77 Å². The van der Waals surface area contributed by atoms with Crippen molar-refractivity contribution in [3.8, 4) is 0 Å². The Bertz CT molecular complexity index is 382. The van der Waals surface area contributed by atoms with Crippen LogP contribution in [0.3, 0.4) is 0 Å². The van der Waals surface area contributed by atoms with Gasteiger partial charge >= 0.3 is 0 Å². The molecule has 1 amide bonds. The average molecular weight is 215 g/mol. The van der Waals surface area contributed by atoms with E-state index >= 15 is 0 Å². The molecule has 0 saturated carbocycles. The summed E-state index contributed by atoms with van der Waals surface area (Å²) in [5, 5.41) is 11.5. The van der Waals surface area contributed by atoms with Crippen LogP contribution in [0.1, 0.15) is 18.7 Å².